The number of para-hydroxylation sites is 1. The van der Waals surface area contributed by atoms with Crippen molar-refractivity contribution in [3.05, 3.63) is 54.1 Å². The number of piperazine rings is 1. The first-order valence-electron chi connectivity index (χ1n) is 11.0. The van der Waals surface area contributed by atoms with Crippen LogP contribution in [-0.2, 0) is 11.2 Å². The van der Waals surface area contributed by atoms with Crippen LogP contribution in [0.1, 0.15) is 24.8 Å². The topological polar surface area (TPSA) is 65.9 Å². The molecule has 2 unspecified atom stereocenters. The highest BCUT2D eigenvalue weighted by Crippen LogP contribution is 2.41. The molecule has 2 aliphatic heterocycles. The number of aliphatic hydroxyl groups is 1. The quantitative estimate of drug-likeness (QED) is 0.643. The zero-order valence-electron chi connectivity index (χ0n) is 17.2. The highest BCUT2D eigenvalue weighted by Gasteiger charge is 2.55. The first kappa shape index (κ1) is 19.2. The van der Waals surface area contributed by atoms with E-state index < -0.39 is 5.60 Å². The summed E-state index contributed by atoms with van der Waals surface area (Å²) in [6.45, 7) is 2.68. The Kier molecular flexibility index (Phi) is 4.52. The number of likely N-dealkylation sites (tertiary alicyclic amines) is 2. The van der Waals surface area contributed by atoms with Gasteiger partial charge in [-0.15, -0.1) is 0 Å². The van der Waals surface area contributed by atoms with Gasteiger partial charge in [-0.1, -0.05) is 35.6 Å². The summed E-state index contributed by atoms with van der Waals surface area (Å²) in [5.41, 5.74) is 1.20. The van der Waals surface area contributed by atoms with Gasteiger partial charge in [0.25, 0.3) is 11.1 Å². The summed E-state index contributed by atoms with van der Waals surface area (Å²) >= 11 is 1.55. The third-order valence-corrected chi connectivity index (χ3v) is 7.74. The second kappa shape index (κ2) is 7.29. The van der Waals surface area contributed by atoms with Crippen molar-refractivity contribution in [2.24, 2.45) is 0 Å². The Morgan fingerprint density at radius 2 is 1.94 bits per heavy atom. The summed E-state index contributed by atoms with van der Waals surface area (Å²) in [6, 6.07) is 17.0. The number of benzene rings is 2. The summed E-state index contributed by atoms with van der Waals surface area (Å²) in [5.74, 6) is 0.763. The normalized spacial score (nSPS) is 24.1. The molecule has 3 aromatic rings. The largest absolute Gasteiger partial charge is 0.431 e. The number of aromatic nitrogens is 1. The third-order valence-electron chi connectivity index (χ3n) is 6.83. The van der Waals surface area contributed by atoms with E-state index in [4.69, 9.17) is 4.74 Å². The average Bonchev–Trinajstić information content (AvgIpc) is 3.13. The number of rotatable bonds is 6. The smallest absolute Gasteiger partial charge is 0.279 e. The van der Waals surface area contributed by atoms with E-state index in [0.717, 1.165) is 48.4 Å². The second-order valence-electron chi connectivity index (χ2n) is 8.97. The van der Waals surface area contributed by atoms with Crippen LogP contribution < -0.4 is 4.74 Å². The van der Waals surface area contributed by atoms with Crippen molar-refractivity contribution < 1.29 is 14.6 Å². The molecule has 1 aliphatic carbocycles. The second-order valence-corrected chi connectivity index (χ2v) is 9.96. The van der Waals surface area contributed by atoms with E-state index in [-0.39, 0.29) is 11.9 Å². The molecule has 1 amide bonds. The number of hydrogen-bond donors (Lipinski definition) is 1. The minimum Gasteiger partial charge on any atom is -0.431 e. The minimum atomic E-state index is -1.04. The van der Waals surface area contributed by atoms with Crippen LogP contribution in [0.2, 0.25) is 0 Å². The Hall–Kier alpha value is -2.48. The van der Waals surface area contributed by atoms with E-state index in [1.54, 1.807) is 11.3 Å². The maximum absolute atomic E-state index is 12.5. The monoisotopic (exact) mass is 435 g/mol. The molecule has 2 aromatic carbocycles. The Morgan fingerprint density at radius 3 is 2.65 bits per heavy atom. The van der Waals surface area contributed by atoms with Crippen LogP contribution in [0, 0.1) is 0 Å². The van der Waals surface area contributed by atoms with Crippen molar-refractivity contribution in [1.82, 2.24) is 14.8 Å². The van der Waals surface area contributed by atoms with E-state index in [9.17, 15) is 9.90 Å². The van der Waals surface area contributed by atoms with E-state index in [1.807, 2.05) is 35.2 Å². The van der Waals surface area contributed by atoms with Gasteiger partial charge < -0.3 is 14.7 Å². The van der Waals surface area contributed by atoms with Gasteiger partial charge in [0, 0.05) is 31.7 Å². The van der Waals surface area contributed by atoms with Crippen LogP contribution in [0.25, 0.3) is 10.2 Å². The maximum atomic E-state index is 12.5. The fourth-order valence-corrected chi connectivity index (χ4v) is 5.70. The molecule has 3 aliphatic rings. The summed E-state index contributed by atoms with van der Waals surface area (Å²) < 4.78 is 7.07. The van der Waals surface area contributed by atoms with Gasteiger partial charge in [0.1, 0.15) is 11.4 Å². The maximum Gasteiger partial charge on any atom is 0.279 e. The van der Waals surface area contributed by atoms with Gasteiger partial charge in [-0.05, 0) is 55.5 Å². The van der Waals surface area contributed by atoms with Crippen LogP contribution in [0.3, 0.4) is 0 Å². The zero-order valence-corrected chi connectivity index (χ0v) is 18.1. The van der Waals surface area contributed by atoms with Gasteiger partial charge in [0.15, 0.2) is 0 Å². The molecular weight excluding hydrogens is 410 g/mol. The average molecular weight is 436 g/mol. The molecule has 160 valence electrons. The molecule has 7 heteroatoms. The minimum absolute atomic E-state index is 0.0386. The van der Waals surface area contributed by atoms with Crippen LogP contribution in [0.4, 0.5) is 0 Å². The molecule has 2 atom stereocenters. The highest BCUT2D eigenvalue weighted by molar-refractivity contribution is 7.20. The molecule has 1 aromatic heterocycles. The van der Waals surface area contributed by atoms with Crippen molar-refractivity contribution in [2.75, 3.05) is 19.6 Å². The molecule has 1 N–H and O–H groups in total. The molecule has 31 heavy (non-hydrogen) atoms. The zero-order chi connectivity index (χ0) is 21.0. The van der Waals surface area contributed by atoms with E-state index in [0.29, 0.717) is 24.1 Å². The number of amides is 1. The van der Waals surface area contributed by atoms with Crippen LogP contribution >= 0.6 is 11.3 Å². The lowest BCUT2D eigenvalue weighted by molar-refractivity contribution is -0.144. The number of ether oxygens (including phenoxy) is 1. The first-order valence-corrected chi connectivity index (χ1v) is 11.8. The first-order chi connectivity index (χ1) is 15.1. The molecule has 2 bridgehead atoms. The lowest BCUT2D eigenvalue weighted by Gasteiger charge is -2.35. The Bertz CT molecular complexity index is 1090. The third kappa shape index (κ3) is 3.60. The van der Waals surface area contributed by atoms with E-state index in [1.165, 1.54) is 5.56 Å². The van der Waals surface area contributed by atoms with E-state index >= 15 is 0 Å². The van der Waals surface area contributed by atoms with Gasteiger partial charge in [0.05, 0.1) is 10.2 Å². The number of thiazole rings is 1. The summed E-state index contributed by atoms with van der Waals surface area (Å²) in [6.07, 6.45) is 3.27. The predicted molar refractivity (Wildman–Crippen MR) is 120 cm³/mol. The summed E-state index contributed by atoms with van der Waals surface area (Å²) in [7, 11) is 0. The van der Waals surface area contributed by atoms with Gasteiger partial charge in [-0.2, -0.15) is 0 Å². The Balaban J connectivity index is 1.03. The lowest BCUT2D eigenvalue weighted by Crippen LogP contribution is -2.52. The molecule has 3 heterocycles. The predicted octanol–water partition coefficient (Wildman–Crippen LogP) is 3.44. The van der Waals surface area contributed by atoms with Gasteiger partial charge in [0.2, 0.25) is 0 Å². The molecule has 2 saturated heterocycles. The van der Waals surface area contributed by atoms with Gasteiger partial charge >= 0.3 is 0 Å². The fourth-order valence-electron chi connectivity index (χ4n) is 4.86. The van der Waals surface area contributed by atoms with Gasteiger partial charge in [-0.25, -0.2) is 4.98 Å². The fraction of sp³-hybridized carbons (Fsp3) is 0.417. The number of carbonyl (C=O) groups is 1. The number of nitrogens with zero attached hydrogens (tertiary/aromatic N) is 3. The van der Waals surface area contributed by atoms with Crippen LogP contribution in [-0.4, -0.2) is 63.1 Å². The Labute approximate surface area is 185 Å². The van der Waals surface area contributed by atoms with Crippen LogP contribution in [0.5, 0.6) is 10.9 Å². The van der Waals surface area contributed by atoms with Crippen molar-refractivity contribution in [1.29, 1.82) is 0 Å². The number of fused-ring (bicyclic) bond motifs is 3. The van der Waals surface area contributed by atoms with E-state index in [2.05, 4.69) is 28.1 Å². The standard InChI is InChI=1S/C24H25N3O3S/c28-22(24(29)10-11-24)27-15-17-13-18(27)14-26(17)12-9-16-5-7-19(8-6-16)30-23-25-20-3-1-2-4-21(20)31-23/h1-8,17-18,29H,9-15H2. The summed E-state index contributed by atoms with van der Waals surface area (Å²) in [4.78, 5) is 21.4. The van der Waals surface area contributed by atoms with Crippen LogP contribution in [0.15, 0.2) is 48.5 Å². The lowest BCUT2D eigenvalue weighted by atomic mass is 10.1. The van der Waals surface area contributed by atoms with Gasteiger partial charge in [-0.3, -0.25) is 9.69 Å². The highest BCUT2D eigenvalue weighted by atomic mass is 32.1. The summed E-state index contributed by atoms with van der Waals surface area (Å²) in [5, 5.41) is 10.8. The number of carbonyl (C=O) groups excluding carboxylic acids is 1. The molecule has 0 radical (unpaired) electrons. The molecule has 0 spiro atoms. The number of hydrogen-bond acceptors (Lipinski definition) is 6. The van der Waals surface area contributed by atoms with Crippen molar-refractivity contribution in [3.63, 3.8) is 0 Å². The molecule has 6 rings (SSSR count). The molecular formula is C24H25N3O3S. The Morgan fingerprint density at radius 1 is 1.13 bits per heavy atom. The molecule has 1 saturated carbocycles. The SMILES string of the molecule is O=C(N1CC2CC1CN2CCc1ccc(Oc2nc3ccccc3s2)cc1)C1(O)CC1. The van der Waals surface area contributed by atoms with Crippen molar-refractivity contribution in [3.8, 4) is 10.9 Å². The van der Waals surface area contributed by atoms with Crippen molar-refractivity contribution in [2.45, 2.75) is 43.4 Å². The van der Waals surface area contributed by atoms with Crippen molar-refractivity contribution >= 4 is 27.5 Å². The molecule has 6 nitrogen and oxygen atoms in total. The molecule has 3 fully saturated rings.